The van der Waals surface area contributed by atoms with Crippen molar-refractivity contribution in [2.24, 2.45) is 0 Å². The molecule has 0 radical (unpaired) electrons. The molecule has 0 bridgehead atoms. The third-order valence-electron chi connectivity index (χ3n) is 5.58. The molecule has 2 aliphatic heterocycles. The zero-order valence-electron chi connectivity index (χ0n) is 15.8. The predicted octanol–water partition coefficient (Wildman–Crippen LogP) is 2.13. The Hall–Kier alpha value is -2.69. The first-order valence-corrected chi connectivity index (χ1v) is 9.77. The normalized spacial score (nSPS) is 21.0. The van der Waals surface area contributed by atoms with Crippen molar-refractivity contribution in [3.05, 3.63) is 53.2 Å². The van der Waals surface area contributed by atoms with Crippen LogP contribution in [-0.4, -0.2) is 58.1 Å². The van der Waals surface area contributed by atoms with Crippen LogP contribution in [0.2, 0.25) is 0 Å². The van der Waals surface area contributed by atoms with Crippen LogP contribution in [-0.2, 0) is 6.54 Å². The van der Waals surface area contributed by atoms with E-state index in [-0.39, 0.29) is 17.6 Å². The molecule has 1 atom stereocenters. The second kappa shape index (κ2) is 8.13. The van der Waals surface area contributed by atoms with E-state index < -0.39 is 6.10 Å². The minimum atomic E-state index is -0.440. The van der Waals surface area contributed by atoms with E-state index in [9.17, 15) is 9.90 Å². The zero-order valence-corrected chi connectivity index (χ0v) is 15.8. The Kier molecular flexibility index (Phi) is 5.42. The fraction of sp³-hybridized carbons (Fsp3) is 0.476. The molecule has 1 aromatic carbocycles. The van der Waals surface area contributed by atoms with E-state index >= 15 is 0 Å². The van der Waals surface area contributed by atoms with Gasteiger partial charge in [0.1, 0.15) is 0 Å². The molecule has 2 aliphatic rings. The number of piperidine rings is 1. The first-order valence-electron chi connectivity index (χ1n) is 9.77. The Morgan fingerprint density at radius 2 is 2.11 bits per heavy atom. The van der Waals surface area contributed by atoms with Gasteiger partial charge in [-0.2, -0.15) is 5.26 Å². The lowest BCUT2D eigenvalue weighted by molar-refractivity contribution is 0.0729. The lowest BCUT2D eigenvalue weighted by atomic mass is 9.96. The zero-order chi connectivity index (χ0) is 19.5. The molecule has 1 amide bonds. The molecular weight excluding hydrogens is 356 g/mol. The van der Waals surface area contributed by atoms with Crippen molar-refractivity contribution in [3.63, 3.8) is 0 Å². The monoisotopic (exact) mass is 380 g/mol. The number of aliphatic hydroxyl groups is 1. The van der Waals surface area contributed by atoms with Gasteiger partial charge < -0.3 is 14.4 Å². The molecule has 146 valence electrons. The number of rotatable bonds is 4. The Labute approximate surface area is 164 Å². The predicted molar refractivity (Wildman–Crippen MR) is 101 cm³/mol. The third-order valence-corrected chi connectivity index (χ3v) is 5.58. The maximum absolute atomic E-state index is 12.4. The number of aliphatic hydroxyl groups excluding tert-OH is 1. The highest BCUT2D eigenvalue weighted by Crippen LogP contribution is 2.29. The highest BCUT2D eigenvalue weighted by Gasteiger charge is 2.29. The van der Waals surface area contributed by atoms with E-state index in [0.29, 0.717) is 31.0 Å². The molecule has 2 aromatic rings. The molecule has 28 heavy (non-hydrogen) atoms. The number of hydrogen-bond acceptors (Lipinski definition) is 6. The van der Waals surface area contributed by atoms with Gasteiger partial charge in [0.2, 0.25) is 5.76 Å². The van der Waals surface area contributed by atoms with Gasteiger partial charge in [-0.1, -0.05) is 12.1 Å². The average molecular weight is 380 g/mol. The van der Waals surface area contributed by atoms with Gasteiger partial charge in [0.25, 0.3) is 5.91 Å². The number of aromatic nitrogens is 1. The minimum Gasteiger partial charge on any atom is -0.435 e. The molecule has 1 N–H and O–H groups in total. The molecule has 0 unspecified atom stereocenters. The van der Waals surface area contributed by atoms with Gasteiger partial charge in [0.15, 0.2) is 5.89 Å². The first kappa shape index (κ1) is 18.7. The van der Waals surface area contributed by atoms with Crippen LogP contribution in [0.4, 0.5) is 0 Å². The second-order valence-electron chi connectivity index (χ2n) is 7.62. The van der Waals surface area contributed by atoms with Crippen LogP contribution in [0.15, 0.2) is 34.9 Å². The molecule has 2 fully saturated rings. The van der Waals surface area contributed by atoms with Crippen molar-refractivity contribution in [3.8, 4) is 6.07 Å². The van der Waals surface area contributed by atoms with Crippen molar-refractivity contribution >= 4 is 5.91 Å². The van der Waals surface area contributed by atoms with Gasteiger partial charge in [-0.05, 0) is 50.0 Å². The summed E-state index contributed by atoms with van der Waals surface area (Å²) in [6, 6.07) is 9.91. The highest BCUT2D eigenvalue weighted by molar-refractivity contribution is 5.91. The number of carbonyl (C=O) groups is 1. The molecule has 3 heterocycles. The number of amides is 1. The summed E-state index contributed by atoms with van der Waals surface area (Å²) in [5.74, 6) is 0.923. The summed E-state index contributed by atoms with van der Waals surface area (Å²) in [7, 11) is 0. The second-order valence-corrected chi connectivity index (χ2v) is 7.62. The van der Waals surface area contributed by atoms with E-state index in [1.807, 2.05) is 24.3 Å². The standard InChI is InChI=1S/C21H24N4O3/c22-11-15-2-1-3-16(10-15)13-24-7-4-17(5-8-24)20-23-12-19(28-20)21(27)25-9-6-18(26)14-25/h1-3,10,12,17-18,26H,4-9,13-14H2/t18-/m0/s1. The minimum absolute atomic E-state index is 0.190. The largest absolute Gasteiger partial charge is 0.435 e. The maximum atomic E-state index is 12.4. The fourth-order valence-electron chi connectivity index (χ4n) is 3.99. The molecule has 7 heteroatoms. The van der Waals surface area contributed by atoms with Gasteiger partial charge in [-0.3, -0.25) is 9.69 Å². The SMILES string of the molecule is N#Cc1cccc(CN2CCC(c3ncc(C(=O)N4CC[C@H](O)C4)o3)CC2)c1. The van der Waals surface area contributed by atoms with Gasteiger partial charge in [0.05, 0.1) is 23.9 Å². The van der Waals surface area contributed by atoms with Gasteiger partial charge in [-0.25, -0.2) is 4.98 Å². The summed E-state index contributed by atoms with van der Waals surface area (Å²) in [6.45, 7) is 3.59. The molecule has 0 spiro atoms. The summed E-state index contributed by atoms with van der Waals surface area (Å²) in [5, 5.41) is 18.6. The number of β-amino-alcohol motifs (C(OH)–C–C–N with tert-alkyl or cyclic N) is 1. The van der Waals surface area contributed by atoms with Crippen LogP contribution >= 0.6 is 0 Å². The van der Waals surface area contributed by atoms with Gasteiger partial charge in [0, 0.05) is 25.6 Å². The fourth-order valence-corrected chi connectivity index (χ4v) is 3.99. The topological polar surface area (TPSA) is 93.6 Å². The Morgan fingerprint density at radius 3 is 2.82 bits per heavy atom. The number of likely N-dealkylation sites (tertiary alicyclic amines) is 2. The number of carbonyl (C=O) groups excluding carboxylic acids is 1. The molecule has 0 saturated carbocycles. The first-order chi connectivity index (χ1) is 13.6. The number of nitriles is 1. The summed E-state index contributed by atoms with van der Waals surface area (Å²) < 4.78 is 5.78. The van der Waals surface area contributed by atoms with E-state index in [1.165, 1.54) is 6.20 Å². The molecule has 0 aliphatic carbocycles. The Morgan fingerprint density at radius 1 is 1.29 bits per heavy atom. The van der Waals surface area contributed by atoms with Crippen LogP contribution in [0.5, 0.6) is 0 Å². The molecule has 2 saturated heterocycles. The molecular formula is C21H24N4O3. The summed E-state index contributed by atoms with van der Waals surface area (Å²) in [6.07, 6.45) is 3.54. The number of oxazole rings is 1. The number of benzene rings is 1. The highest BCUT2D eigenvalue weighted by atomic mass is 16.4. The van der Waals surface area contributed by atoms with E-state index in [0.717, 1.165) is 38.0 Å². The Bertz CT molecular complexity index is 880. The quantitative estimate of drug-likeness (QED) is 0.873. The summed E-state index contributed by atoms with van der Waals surface area (Å²) in [4.78, 5) is 20.8. The van der Waals surface area contributed by atoms with Crippen LogP contribution in [0, 0.1) is 11.3 Å². The van der Waals surface area contributed by atoms with Crippen molar-refractivity contribution in [2.75, 3.05) is 26.2 Å². The van der Waals surface area contributed by atoms with Crippen LogP contribution < -0.4 is 0 Å². The lowest BCUT2D eigenvalue weighted by Crippen LogP contribution is -2.32. The molecule has 1 aromatic heterocycles. The average Bonchev–Trinajstić information content (AvgIpc) is 3.38. The Balaban J connectivity index is 1.32. The van der Waals surface area contributed by atoms with Crippen molar-refractivity contribution in [2.45, 2.75) is 37.8 Å². The van der Waals surface area contributed by atoms with E-state index in [1.54, 1.807) is 4.90 Å². The van der Waals surface area contributed by atoms with Gasteiger partial charge in [-0.15, -0.1) is 0 Å². The smallest absolute Gasteiger partial charge is 0.291 e. The van der Waals surface area contributed by atoms with Crippen molar-refractivity contribution in [1.29, 1.82) is 5.26 Å². The van der Waals surface area contributed by atoms with Crippen LogP contribution in [0.25, 0.3) is 0 Å². The number of nitrogens with zero attached hydrogens (tertiary/aromatic N) is 4. The van der Waals surface area contributed by atoms with Crippen LogP contribution in [0.3, 0.4) is 0 Å². The third kappa shape index (κ3) is 4.08. The van der Waals surface area contributed by atoms with Crippen molar-refractivity contribution < 1.29 is 14.3 Å². The van der Waals surface area contributed by atoms with E-state index in [2.05, 4.69) is 16.0 Å². The summed E-state index contributed by atoms with van der Waals surface area (Å²) >= 11 is 0. The molecule has 4 rings (SSSR count). The number of hydrogen-bond donors (Lipinski definition) is 1. The van der Waals surface area contributed by atoms with Crippen LogP contribution in [0.1, 0.15) is 52.8 Å². The maximum Gasteiger partial charge on any atom is 0.291 e. The summed E-state index contributed by atoms with van der Waals surface area (Å²) in [5.41, 5.74) is 1.84. The van der Waals surface area contributed by atoms with Crippen molar-refractivity contribution in [1.82, 2.24) is 14.8 Å². The van der Waals surface area contributed by atoms with Gasteiger partial charge >= 0.3 is 0 Å². The van der Waals surface area contributed by atoms with E-state index in [4.69, 9.17) is 9.68 Å². The lowest BCUT2D eigenvalue weighted by Gasteiger charge is -2.30. The molecule has 7 nitrogen and oxygen atoms in total.